The summed E-state index contributed by atoms with van der Waals surface area (Å²) in [5.41, 5.74) is 0.901. The second-order valence-corrected chi connectivity index (χ2v) is 5.64. The molecule has 0 saturated carbocycles. The molecule has 116 valence electrons. The van der Waals surface area contributed by atoms with Crippen LogP contribution in [0.4, 0.5) is 0 Å². The minimum Gasteiger partial charge on any atom is -0.420 e. The van der Waals surface area contributed by atoms with Crippen molar-refractivity contribution in [3.8, 4) is 11.4 Å². The van der Waals surface area contributed by atoms with Gasteiger partial charge in [0, 0.05) is 5.02 Å². The number of halogens is 3. The molecule has 0 aliphatic heterocycles. The molecule has 0 aliphatic rings. The van der Waals surface area contributed by atoms with Gasteiger partial charge in [-0.25, -0.2) is 9.48 Å². The normalized spacial score (nSPS) is 10.6. The molecule has 0 saturated heterocycles. The van der Waals surface area contributed by atoms with Gasteiger partial charge in [-0.15, -0.1) is 5.10 Å². The largest absolute Gasteiger partial charge is 0.420 e. The van der Waals surface area contributed by atoms with Crippen LogP contribution in [0.15, 0.2) is 42.7 Å². The molecule has 1 aromatic heterocycles. The summed E-state index contributed by atoms with van der Waals surface area (Å²) in [4.78, 5) is 12.3. The van der Waals surface area contributed by atoms with Crippen LogP contribution in [0.5, 0.6) is 5.75 Å². The van der Waals surface area contributed by atoms with Gasteiger partial charge >= 0.3 is 5.97 Å². The quantitative estimate of drug-likeness (QED) is 0.518. The molecule has 3 rings (SSSR count). The van der Waals surface area contributed by atoms with Gasteiger partial charge in [-0.05, 0) is 40.8 Å². The lowest BCUT2D eigenvalue weighted by molar-refractivity contribution is 0.0735. The first-order valence-electron chi connectivity index (χ1n) is 6.25. The topological polar surface area (TPSA) is 69.9 Å². The Morgan fingerprint density at radius 1 is 1.09 bits per heavy atom. The summed E-state index contributed by atoms with van der Waals surface area (Å²) < 4.78 is 6.68. The molecule has 23 heavy (non-hydrogen) atoms. The number of ether oxygens (including phenoxy) is 1. The first-order valence-corrected chi connectivity index (χ1v) is 7.38. The van der Waals surface area contributed by atoms with E-state index in [4.69, 9.17) is 39.5 Å². The Balaban J connectivity index is 1.89. The summed E-state index contributed by atoms with van der Waals surface area (Å²) in [5, 5.41) is 11.5. The molecule has 2 aromatic carbocycles. The molecule has 9 heteroatoms. The molecule has 0 atom stereocenters. The number of benzene rings is 2. The monoisotopic (exact) mass is 368 g/mol. The SMILES string of the molecule is O=C(Oc1c(Cl)cc(Cl)cc1Cl)c1cccc(-n2cnnn2)c1. The number of rotatable bonds is 3. The zero-order chi connectivity index (χ0) is 16.4. The van der Waals surface area contributed by atoms with Crippen molar-refractivity contribution in [3.63, 3.8) is 0 Å². The summed E-state index contributed by atoms with van der Waals surface area (Å²) in [7, 11) is 0. The van der Waals surface area contributed by atoms with E-state index in [9.17, 15) is 4.79 Å². The Labute approximate surface area is 145 Å². The highest BCUT2D eigenvalue weighted by Crippen LogP contribution is 2.36. The van der Waals surface area contributed by atoms with Crippen molar-refractivity contribution in [1.82, 2.24) is 20.2 Å². The van der Waals surface area contributed by atoms with Crippen LogP contribution in [0.25, 0.3) is 5.69 Å². The molecule has 0 bridgehead atoms. The van der Waals surface area contributed by atoms with E-state index < -0.39 is 5.97 Å². The van der Waals surface area contributed by atoms with Gasteiger partial charge in [0.05, 0.1) is 21.3 Å². The minimum absolute atomic E-state index is 0.0514. The van der Waals surface area contributed by atoms with Gasteiger partial charge in [0.15, 0.2) is 5.75 Å². The van der Waals surface area contributed by atoms with E-state index >= 15 is 0 Å². The highest BCUT2D eigenvalue weighted by molar-refractivity contribution is 6.40. The van der Waals surface area contributed by atoms with E-state index in [1.165, 1.54) is 23.1 Å². The van der Waals surface area contributed by atoms with Crippen molar-refractivity contribution < 1.29 is 9.53 Å². The van der Waals surface area contributed by atoms with E-state index in [1.54, 1.807) is 24.3 Å². The predicted molar refractivity (Wildman–Crippen MR) is 85.6 cm³/mol. The van der Waals surface area contributed by atoms with Crippen molar-refractivity contribution >= 4 is 40.8 Å². The smallest absolute Gasteiger partial charge is 0.343 e. The fourth-order valence-electron chi connectivity index (χ4n) is 1.83. The maximum atomic E-state index is 12.3. The predicted octanol–water partition coefficient (Wildman–Crippen LogP) is 3.84. The fraction of sp³-hybridized carbons (Fsp3) is 0. The third-order valence-electron chi connectivity index (χ3n) is 2.85. The number of esters is 1. The molecule has 0 spiro atoms. The zero-order valence-corrected chi connectivity index (χ0v) is 13.5. The van der Waals surface area contributed by atoms with E-state index in [-0.39, 0.29) is 15.8 Å². The molecular weight excluding hydrogens is 363 g/mol. The highest BCUT2D eigenvalue weighted by Gasteiger charge is 2.16. The van der Waals surface area contributed by atoms with Crippen LogP contribution in [0, 0.1) is 0 Å². The van der Waals surface area contributed by atoms with Crippen LogP contribution < -0.4 is 4.74 Å². The van der Waals surface area contributed by atoms with Crippen LogP contribution in [0.2, 0.25) is 15.1 Å². The van der Waals surface area contributed by atoms with Crippen molar-refractivity contribution in [2.45, 2.75) is 0 Å². The van der Waals surface area contributed by atoms with E-state index in [0.29, 0.717) is 16.3 Å². The molecular formula is C14H7Cl3N4O2. The van der Waals surface area contributed by atoms with Gasteiger partial charge in [-0.1, -0.05) is 40.9 Å². The van der Waals surface area contributed by atoms with Gasteiger partial charge in [-0.2, -0.15) is 0 Å². The molecule has 0 amide bonds. The second-order valence-electron chi connectivity index (χ2n) is 4.39. The Kier molecular flexibility index (Phi) is 4.47. The maximum Gasteiger partial charge on any atom is 0.343 e. The van der Waals surface area contributed by atoms with Crippen molar-refractivity contribution in [3.05, 3.63) is 63.4 Å². The number of carbonyl (C=O) groups excluding carboxylic acids is 1. The zero-order valence-electron chi connectivity index (χ0n) is 11.3. The first kappa shape index (κ1) is 15.7. The lowest BCUT2D eigenvalue weighted by Crippen LogP contribution is -2.10. The van der Waals surface area contributed by atoms with Crippen LogP contribution >= 0.6 is 34.8 Å². The van der Waals surface area contributed by atoms with Gasteiger partial charge in [0.1, 0.15) is 6.33 Å². The molecule has 0 unspecified atom stereocenters. The van der Waals surface area contributed by atoms with Gasteiger partial charge in [0.25, 0.3) is 0 Å². The number of aromatic nitrogens is 4. The van der Waals surface area contributed by atoms with E-state index in [2.05, 4.69) is 15.5 Å². The average Bonchev–Trinajstić information content (AvgIpc) is 3.05. The lowest BCUT2D eigenvalue weighted by Gasteiger charge is -2.09. The molecule has 0 fully saturated rings. The fourth-order valence-corrected chi connectivity index (χ4v) is 2.73. The Bertz CT molecular complexity index is 845. The van der Waals surface area contributed by atoms with Crippen LogP contribution in [-0.4, -0.2) is 26.2 Å². The molecule has 0 radical (unpaired) electrons. The number of hydrogen-bond acceptors (Lipinski definition) is 5. The maximum absolute atomic E-state index is 12.3. The summed E-state index contributed by atoms with van der Waals surface area (Å²) in [5.74, 6) is -0.568. The van der Waals surface area contributed by atoms with E-state index in [0.717, 1.165) is 0 Å². The third kappa shape index (κ3) is 3.44. The van der Waals surface area contributed by atoms with Gasteiger partial charge < -0.3 is 4.74 Å². The van der Waals surface area contributed by atoms with Gasteiger partial charge in [-0.3, -0.25) is 0 Å². The number of nitrogens with zero attached hydrogens (tertiary/aromatic N) is 4. The summed E-state index contributed by atoms with van der Waals surface area (Å²) in [6.45, 7) is 0. The molecule has 6 nitrogen and oxygen atoms in total. The van der Waals surface area contributed by atoms with Crippen LogP contribution in [0.3, 0.4) is 0 Å². The molecule has 3 aromatic rings. The lowest BCUT2D eigenvalue weighted by atomic mass is 10.2. The summed E-state index contributed by atoms with van der Waals surface area (Å²) >= 11 is 17.8. The summed E-state index contributed by atoms with van der Waals surface area (Å²) in [6.07, 6.45) is 1.41. The number of tetrazole rings is 1. The molecule has 0 aliphatic carbocycles. The molecule has 0 N–H and O–H groups in total. The van der Waals surface area contributed by atoms with Crippen molar-refractivity contribution in [2.75, 3.05) is 0 Å². The first-order chi connectivity index (χ1) is 11.0. The van der Waals surface area contributed by atoms with Crippen molar-refractivity contribution in [2.24, 2.45) is 0 Å². The van der Waals surface area contributed by atoms with E-state index in [1.807, 2.05) is 0 Å². The van der Waals surface area contributed by atoms with Gasteiger partial charge in [0.2, 0.25) is 0 Å². The third-order valence-corrected chi connectivity index (χ3v) is 3.63. The Hall–Kier alpha value is -2.15. The molecule has 1 heterocycles. The Morgan fingerprint density at radius 2 is 1.83 bits per heavy atom. The number of carbonyl (C=O) groups is 1. The van der Waals surface area contributed by atoms with Crippen LogP contribution in [-0.2, 0) is 0 Å². The summed E-state index contributed by atoms with van der Waals surface area (Å²) in [6, 6.07) is 9.47. The Morgan fingerprint density at radius 3 is 2.48 bits per heavy atom. The van der Waals surface area contributed by atoms with Crippen LogP contribution in [0.1, 0.15) is 10.4 Å². The highest BCUT2D eigenvalue weighted by atomic mass is 35.5. The minimum atomic E-state index is -0.619. The standard InChI is InChI=1S/C14H7Cl3N4O2/c15-9-5-11(16)13(12(17)6-9)23-14(22)8-2-1-3-10(4-8)21-7-18-19-20-21/h1-7H. The van der Waals surface area contributed by atoms with Crippen molar-refractivity contribution in [1.29, 1.82) is 0 Å². The number of hydrogen-bond donors (Lipinski definition) is 0. The second kappa shape index (κ2) is 6.54. The average molecular weight is 370 g/mol.